The van der Waals surface area contributed by atoms with E-state index in [2.05, 4.69) is 10.6 Å². The van der Waals surface area contributed by atoms with E-state index in [1.54, 1.807) is 24.3 Å². The van der Waals surface area contributed by atoms with Crippen LogP contribution in [0.4, 0.5) is 5.69 Å². The Hall–Kier alpha value is -4.65. The molecule has 0 aliphatic heterocycles. The van der Waals surface area contributed by atoms with Gasteiger partial charge in [0.05, 0.1) is 18.1 Å². The van der Waals surface area contributed by atoms with E-state index >= 15 is 0 Å². The Balaban J connectivity index is 1.78. The molecule has 2 atom stereocenters. The van der Waals surface area contributed by atoms with E-state index in [-0.39, 0.29) is 30.2 Å². The van der Waals surface area contributed by atoms with Crippen LogP contribution in [0, 0.1) is 16.0 Å². The number of nitrogens with one attached hydrogen (secondary N) is 3. The number of carbonyl (C=O) groups excluding carboxylic acids is 4. The first-order valence-corrected chi connectivity index (χ1v) is 13.6. The van der Waals surface area contributed by atoms with Gasteiger partial charge in [-0.3, -0.25) is 34.1 Å². The number of carboxylic acids is 1. The third-order valence-corrected chi connectivity index (χ3v) is 6.89. The summed E-state index contributed by atoms with van der Waals surface area (Å²) in [5.74, 6) is -5.02. The first-order chi connectivity index (χ1) is 20.1. The van der Waals surface area contributed by atoms with Gasteiger partial charge in [0.15, 0.2) is 0 Å². The van der Waals surface area contributed by atoms with Crippen molar-refractivity contribution in [3.8, 4) is 0 Å². The van der Waals surface area contributed by atoms with Crippen molar-refractivity contribution in [2.24, 2.45) is 5.92 Å². The van der Waals surface area contributed by atoms with Crippen LogP contribution in [0.15, 0.2) is 54.6 Å². The van der Waals surface area contributed by atoms with E-state index in [9.17, 15) is 34.1 Å². The zero-order chi connectivity index (χ0) is 30.5. The molecule has 224 valence electrons. The number of ketones is 1. The lowest BCUT2D eigenvalue weighted by atomic mass is 9.84. The highest BCUT2D eigenvalue weighted by Gasteiger charge is 2.32. The Labute approximate surface area is 242 Å². The highest BCUT2D eigenvalue weighted by Crippen LogP contribution is 2.27. The minimum Gasteiger partial charge on any atom is -0.480 e. The summed E-state index contributed by atoms with van der Waals surface area (Å²) in [6.07, 6.45) is 4.94. The van der Waals surface area contributed by atoms with E-state index in [1.807, 2.05) is 11.4 Å². The van der Waals surface area contributed by atoms with Crippen molar-refractivity contribution < 1.29 is 38.7 Å². The van der Waals surface area contributed by atoms with Gasteiger partial charge >= 0.3 is 5.97 Å². The number of nitro benzene ring substituents is 1. The second-order valence-corrected chi connectivity index (χ2v) is 10.1. The van der Waals surface area contributed by atoms with Crippen LogP contribution in [0.25, 0.3) is 0 Å². The summed E-state index contributed by atoms with van der Waals surface area (Å²) in [5, 5.41) is 27.2. The van der Waals surface area contributed by atoms with Gasteiger partial charge in [0, 0.05) is 17.7 Å². The smallest absolute Gasteiger partial charge is 0.322 e. The molecule has 13 nitrogen and oxygen atoms in total. The molecule has 1 aliphatic carbocycles. The maximum atomic E-state index is 13.5. The average molecular weight is 583 g/mol. The molecule has 3 rings (SSSR count). The summed E-state index contributed by atoms with van der Waals surface area (Å²) in [7, 11) is 0. The summed E-state index contributed by atoms with van der Waals surface area (Å²) in [4.78, 5) is 73.3. The molecule has 0 saturated heterocycles. The van der Waals surface area contributed by atoms with Crippen LogP contribution in [0.3, 0.4) is 0 Å². The van der Waals surface area contributed by atoms with Gasteiger partial charge in [0.2, 0.25) is 11.7 Å². The van der Waals surface area contributed by atoms with Crippen molar-refractivity contribution in [2.45, 2.75) is 57.2 Å². The molecule has 0 aromatic heterocycles. The zero-order valence-corrected chi connectivity index (χ0v) is 23.0. The topological polar surface area (TPSA) is 194 Å². The molecule has 42 heavy (non-hydrogen) atoms. The second kappa shape index (κ2) is 16.0. The van der Waals surface area contributed by atoms with Gasteiger partial charge in [0.25, 0.3) is 17.5 Å². The Morgan fingerprint density at radius 2 is 1.67 bits per heavy atom. The summed E-state index contributed by atoms with van der Waals surface area (Å²) in [5.41, 5.74) is 0.479. The summed E-state index contributed by atoms with van der Waals surface area (Å²) < 4.78 is 5.61. The molecule has 1 unspecified atom stereocenters. The minimum atomic E-state index is -1.47. The SMILES string of the molecule is O=C(O)CNC(=O)C(=O)C(COCc1ccccc1)NC(=O)[C@@H](CC1CCCCC1)NC(=O)c1cccc([N+](=O)[O-])c1. The van der Waals surface area contributed by atoms with Gasteiger partial charge in [-0.2, -0.15) is 0 Å². The van der Waals surface area contributed by atoms with Crippen molar-refractivity contribution >= 4 is 35.2 Å². The minimum absolute atomic E-state index is 0.0162. The highest BCUT2D eigenvalue weighted by atomic mass is 16.6. The summed E-state index contributed by atoms with van der Waals surface area (Å²) in [6, 6.07) is 11.5. The monoisotopic (exact) mass is 582 g/mol. The fourth-order valence-electron chi connectivity index (χ4n) is 4.72. The lowest BCUT2D eigenvalue weighted by Crippen LogP contribution is -2.56. The van der Waals surface area contributed by atoms with Crippen molar-refractivity contribution in [1.29, 1.82) is 0 Å². The maximum absolute atomic E-state index is 13.5. The predicted molar refractivity (Wildman–Crippen MR) is 149 cm³/mol. The molecular formula is C29H34N4O9. The number of amides is 3. The fraction of sp³-hybridized carbons (Fsp3) is 0.414. The number of ether oxygens (including phenoxy) is 1. The number of hydrogen-bond acceptors (Lipinski definition) is 8. The number of rotatable bonds is 15. The third-order valence-electron chi connectivity index (χ3n) is 6.89. The van der Waals surface area contributed by atoms with E-state index < -0.39 is 59.6 Å². The number of nitro groups is 1. The van der Waals surface area contributed by atoms with E-state index in [4.69, 9.17) is 9.84 Å². The maximum Gasteiger partial charge on any atom is 0.322 e. The van der Waals surface area contributed by atoms with Crippen LogP contribution in [0.2, 0.25) is 0 Å². The molecule has 0 radical (unpaired) electrons. The van der Waals surface area contributed by atoms with Crippen molar-refractivity contribution in [1.82, 2.24) is 16.0 Å². The van der Waals surface area contributed by atoms with Crippen LogP contribution in [0.1, 0.15) is 54.4 Å². The Kier molecular flexibility index (Phi) is 12.1. The Bertz CT molecular complexity index is 1280. The van der Waals surface area contributed by atoms with Crippen LogP contribution < -0.4 is 16.0 Å². The standard InChI is InChI=1S/C29H34N4O9/c34-25(35)16-30-29(39)26(36)24(18-42-17-20-10-5-2-6-11-20)32-28(38)23(14-19-8-3-1-4-9-19)31-27(37)21-12-7-13-22(15-21)33(40)41/h2,5-7,10-13,15,19,23-24H,1,3-4,8-9,14,16-18H2,(H,30,39)(H,31,37)(H,32,38)(H,34,35)/t23-,24?/m1/s1. The molecule has 3 amide bonds. The number of hydrogen-bond donors (Lipinski definition) is 4. The molecule has 0 spiro atoms. The number of Topliss-reactive ketones (excluding diaryl/α,β-unsaturated/α-hetero) is 1. The van der Waals surface area contributed by atoms with Crippen LogP contribution in [-0.4, -0.2) is 64.7 Å². The number of carboxylic acid groups (broad SMARTS) is 1. The van der Waals surface area contributed by atoms with Crippen LogP contribution >= 0.6 is 0 Å². The zero-order valence-electron chi connectivity index (χ0n) is 23.0. The fourth-order valence-corrected chi connectivity index (χ4v) is 4.72. The number of benzene rings is 2. The van der Waals surface area contributed by atoms with Crippen LogP contribution in [0.5, 0.6) is 0 Å². The molecule has 0 heterocycles. The average Bonchev–Trinajstić information content (AvgIpc) is 2.99. The van der Waals surface area contributed by atoms with Gasteiger partial charge in [-0.15, -0.1) is 0 Å². The van der Waals surface area contributed by atoms with Gasteiger partial charge < -0.3 is 25.8 Å². The Morgan fingerprint density at radius 1 is 0.952 bits per heavy atom. The molecule has 1 saturated carbocycles. The summed E-state index contributed by atoms with van der Waals surface area (Å²) in [6.45, 7) is -1.11. The highest BCUT2D eigenvalue weighted by molar-refractivity contribution is 6.38. The molecule has 2 aromatic rings. The first kappa shape index (κ1) is 31.9. The van der Waals surface area contributed by atoms with Crippen LogP contribution in [-0.2, 0) is 30.5 Å². The number of aliphatic carboxylic acids is 1. The Morgan fingerprint density at radius 3 is 2.33 bits per heavy atom. The predicted octanol–water partition coefficient (Wildman–Crippen LogP) is 2.14. The third kappa shape index (κ3) is 10.1. The quantitative estimate of drug-likeness (QED) is 0.138. The van der Waals surface area contributed by atoms with E-state index in [1.165, 1.54) is 18.2 Å². The van der Waals surface area contributed by atoms with E-state index in [0.29, 0.717) is 0 Å². The molecule has 0 bridgehead atoms. The number of nitrogens with zero attached hydrogens (tertiary/aromatic N) is 1. The molecule has 1 fully saturated rings. The number of non-ortho nitro benzene ring substituents is 1. The van der Waals surface area contributed by atoms with Crippen molar-refractivity contribution in [2.75, 3.05) is 13.2 Å². The first-order valence-electron chi connectivity index (χ1n) is 13.6. The normalized spacial score (nSPS) is 14.7. The molecule has 4 N–H and O–H groups in total. The van der Waals surface area contributed by atoms with Gasteiger partial charge in [-0.05, 0) is 24.0 Å². The van der Waals surface area contributed by atoms with Gasteiger partial charge in [-0.25, -0.2) is 0 Å². The lowest BCUT2D eigenvalue weighted by Gasteiger charge is -2.28. The second-order valence-electron chi connectivity index (χ2n) is 10.1. The van der Waals surface area contributed by atoms with Gasteiger partial charge in [0.1, 0.15) is 18.6 Å². The molecule has 1 aliphatic rings. The number of carbonyl (C=O) groups is 5. The van der Waals surface area contributed by atoms with E-state index in [0.717, 1.165) is 43.7 Å². The van der Waals surface area contributed by atoms with Crippen molar-refractivity contribution in [3.63, 3.8) is 0 Å². The molecule has 2 aromatic carbocycles. The van der Waals surface area contributed by atoms with Crippen molar-refractivity contribution in [3.05, 3.63) is 75.8 Å². The largest absolute Gasteiger partial charge is 0.480 e. The van der Waals surface area contributed by atoms with Gasteiger partial charge in [-0.1, -0.05) is 68.5 Å². The molecule has 13 heteroatoms. The summed E-state index contributed by atoms with van der Waals surface area (Å²) >= 11 is 0. The lowest BCUT2D eigenvalue weighted by molar-refractivity contribution is -0.384. The molecular weight excluding hydrogens is 548 g/mol.